The number of halogens is 2. The molecule has 0 amide bonds. The molecule has 1 atom stereocenters. The second kappa shape index (κ2) is 12.5. The van der Waals surface area contributed by atoms with Crippen molar-refractivity contribution in [2.75, 3.05) is 0 Å². The third kappa shape index (κ3) is 5.47. The molecule has 2 aliphatic carbocycles. The van der Waals surface area contributed by atoms with Crippen molar-refractivity contribution in [3.8, 4) is 11.1 Å². The molecule has 0 nitrogen and oxygen atoms in total. The molecule has 0 saturated carbocycles. The van der Waals surface area contributed by atoms with Crippen LogP contribution >= 0.6 is 0 Å². The molecular weight excluding hydrogens is 571 g/mol. The van der Waals surface area contributed by atoms with Gasteiger partial charge in [0, 0.05) is 0 Å². The second-order valence-electron chi connectivity index (χ2n) is 9.44. The van der Waals surface area contributed by atoms with Crippen molar-refractivity contribution in [2.24, 2.45) is 0 Å². The fraction of sp³-hybridized carbons (Fsp3) is 0.147. The first-order chi connectivity index (χ1) is 17.3. The molecule has 0 spiro atoms. The number of rotatable bonds is 6. The maximum atomic E-state index is 2.48. The standard InChI is InChI=1S/C21H19.C13H10.2ClH.Zr/c1-2-6-15-11-12-17(13-15)19-9-5-10-20-18-8-4-3-7-16(18)14-21(19)20;1-3-7-12(8-4-1)11-13-9-5-2-6-10-13;;;/h3-5,7-11,13-14H,2,6,12H2,1H3;1-10H;2*1H;/q;;;;+2/p-2. The summed E-state index contributed by atoms with van der Waals surface area (Å²) in [5.41, 5.74) is 13.3. The van der Waals surface area contributed by atoms with Crippen LogP contribution in [0, 0.1) is 0 Å². The fourth-order valence-corrected chi connectivity index (χ4v) is 10.1. The third-order valence-corrected chi connectivity index (χ3v) is 11.5. The SMILES string of the molecule is CCCC1=CCC(c2cccc3c2[CH]([Zr+2]=[C](c2ccccc2)c2ccccc2)c2ccccc2-3)=C1.[Cl-].[Cl-]. The van der Waals surface area contributed by atoms with Crippen LogP contribution in [0.3, 0.4) is 0 Å². The van der Waals surface area contributed by atoms with E-state index in [0.29, 0.717) is 3.63 Å². The second-order valence-corrected chi connectivity index (χ2v) is 12.8. The Balaban J connectivity index is 0.00000160. The molecule has 0 N–H and O–H groups in total. The zero-order valence-electron chi connectivity index (χ0n) is 20.9. The van der Waals surface area contributed by atoms with Crippen LogP contribution in [0.1, 0.15) is 57.6 Å². The monoisotopic (exact) mass is 597 g/mol. The molecular formula is C34H29Cl2Zr. The minimum atomic E-state index is -1.09. The molecule has 0 bridgehead atoms. The molecule has 183 valence electrons. The van der Waals surface area contributed by atoms with Crippen LogP contribution in [0.2, 0.25) is 0 Å². The number of fused-ring (bicyclic) bond motifs is 3. The van der Waals surface area contributed by atoms with E-state index in [1.807, 2.05) is 0 Å². The van der Waals surface area contributed by atoms with Gasteiger partial charge in [0.05, 0.1) is 0 Å². The normalized spacial score (nSPS) is 14.8. The van der Waals surface area contributed by atoms with Crippen LogP contribution in [0.25, 0.3) is 16.7 Å². The Bertz CT molecular complexity index is 1420. The molecule has 0 heterocycles. The van der Waals surface area contributed by atoms with Crippen molar-refractivity contribution in [3.63, 3.8) is 0 Å². The van der Waals surface area contributed by atoms with E-state index >= 15 is 0 Å². The average molecular weight is 600 g/mol. The van der Waals surface area contributed by atoms with Gasteiger partial charge in [0.25, 0.3) is 0 Å². The van der Waals surface area contributed by atoms with Crippen LogP contribution in [0.4, 0.5) is 0 Å². The molecule has 3 heteroatoms. The summed E-state index contributed by atoms with van der Waals surface area (Å²) in [4.78, 5) is 0. The number of hydrogen-bond donors (Lipinski definition) is 0. The molecule has 1 unspecified atom stereocenters. The molecule has 0 aliphatic heterocycles. The zero-order valence-corrected chi connectivity index (χ0v) is 24.9. The molecule has 37 heavy (non-hydrogen) atoms. The van der Waals surface area contributed by atoms with Gasteiger partial charge in [-0.2, -0.15) is 0 Å². The molecule has 2 aliphatic rings. The van der Waals surface area contributed by atoms with Gasteiger partial charge in [-0.15, -0.1) is 0 Å². The van der Waals surface area contributed by atoms with E-state index in [1.54, 1.807) is 8.77 Å². The Hall–Kier alpha value is -2.31. The Morgan fingerprint density at radius 3 is 1.97 bits per heavy atom. The van der Waals surface area contributed by atoms with E-state index in [0.717, 1.165) is 6.42 Å². The van der Waals surface area contributed by atoms with Gasteiger partial charge in [0.15, 0.2) is 0 Å². The van der Waals surface area contributed by atoms with Gasteiger partial charge in [-0.3, -0.25) is 0 Å². The van der Waals surface area contributed by atoms with Gasteiger partial charge in [0.2, 0.25) is 0 Å². The predicted molar refractivity (Wildman–Crippen MR) is 145 cm³/mol. The largest absolute Gasteiger partial charge is 1.00 e. The first-order valence-corrected chi connectivity index (χ1v) is 15.3. The minimum Gasteiger partial charge on any atom is -1.00 e. The fourth-order valence-electron chi connectivity index (χ4n) is 5.61. The molecule has 0 radical (unpaired) electrons. The molecule has 4 aromatic carbocycles. The van der Waals surface area contributed by atoms with Gasteiger partial charge in [-0.25, -0.2) is 0 Å². The topological polar surface area (TPSA) is 0 Å². The Kier molecular flexibility index (Phi) is 9.36. The average Bonchev–Trinajstić information content (AvgIpc) is 3.51. The summed E-state index contributed by atoms with van der Waals surface area (Å²) in [5.74, 6) is 0. The van der Waals surface area contributed by atoms with Crippen molar-refractivity contribution in [1.29, 1.82) is 0 Å². The van der Waals surface area contributed by atoms with E-state index in [2.05, 4.69) is 122 Å². The third-order valence-electron chi connectivity index (χ3n) is 7.20. The predicted octanol–water partition coefficient (Wildman–Crippen LogP) is 2.63. The quantitative estimate of drug-likeness (QED) is 0.320. The van der Waals surface area contributed by atoms with E-state index < -0.39 is 22.8 Å². The first-order valence-electron chi connectivity index (χ1n) is 12.7. The molecule has 0 saturated heterocycles. The van der Waals surface area contributed by atoms with E-state index in [4.69, 9.17) is 0 Å². The van der Waals surface area contributed by atoms with Crippen LogP contribution in [-0.2, 0) is 22.8 Å². The first kappa shape index (κ1) is 27.7. The number of allylic oxidation sites excluding steroid dienone is 4. The zero-order chi connectivity index (χ0) is 23.6. The van der Waals surface area contributed by atoms with E-state index in [-0.39, 0.29) is 24.8 Å². The molecule has 0 fully saturated rings. The molecule has 0 aromatic heterocycles. The summed E-state index contributed by atoms with van der Waals surface area (Å²) in [5, 5.41) is 0. The van der Waals surface area contributed by atoms with Crippen molar-refractivity contribution in [3.05, 3.63) is 149 Å². The van der Waals surface area contributed by atoms with Gasteiger partial charge >= 0.3 is 221 Å². The summed E-state index contributed by atoms with van der Waals surface area (Å²) in [6, 6.07) is 38.4. The van der Waals surface area contributed by atoms with E-state index in [9.17, 15) is 0 Å². The van der Waals surface area contributed by atoms with Gasteiger partial charge in [-0.1, -0.05) is 0 Å². The summed E-state index contributed by atoms with van der Waals surface area (Å²) < 4.78 is 2.09. The van der Waals surface area contributed by atoms with Crippen molar-refractivity contribution in [2.45, 2.75) is 29.8 Å². The van der Waals surface area contributed by atoms with Gasteiger partial charge in [0.1, 0.15) is 0 Å². The molecule has 6 rings (SSSR count). The Morgan fingerprint density at radius 1 is 0.703 bits per heavy atom. The van der Waals surface area contributed by atoms with Gasteiger partial charge in [-0.05, 0) is 0 Å². The van der Waals surface area contributed by atoms with Crippen LogP contribution in [-0.4, -0.2) is 3.21 Å². The van der Waals surface area contributed by atoms with Crippen LogP contribution in [0.15, 0.2) is 121 Å². The smallest absolute Gasteiger partial charge is 1.00 e. The van der Waals surface area contributed by atoms with Crippen molar-refractivity contribution >= 4 is 8.78 Å². The van der Waals surface area contributed by atoms with Gasteiger partial charge < -0.3 is 24.8 Å². The van der Waals surface area contributed by atoms with Crippen molar-refractivity contribution in [1.82, 2.24) is 0 Å². The summed E-state index contributed by atoms with van der Waals surface area (Å²) in [6.45, 7) is 2.27. The minimum absolute atomic E-state index is 0. The number of hydrogen-bond acceptors (Lipinski definition) is 0. The number of benzene rings is 4. The van der Waals surface area contributed by atoms with Crippen LogP contribution in [0.5, 0.6) is 0 Å². The Morgan fingerprint density at radius 2 is 1.30 bits per heavy atom. The van der Waals surface area contributed by atoms with E-state index in [1.165, 1.54) is 57.4 Å². The summed E-state index contributed by atoms with van der Waals surface area (Å²) in [6.07, 6.45) is 8.37. The van der Waals surface area contributed by atoms with Crippen molar-refractivity contribution < 1.29 is 47.6 Å². The maximum Gasteiger partial charge on any atom is -1.00 e. The summed E-state index contributed by atoms with van der Waals surface area (Å²) in [7, 11) is 0. The molecule has 4 aromatic rings. The maximum absolute atomic E-state index is 2.48. The Labute approximate surface area is 244 Å². The van der Waals surface area contributed by atoms with Crippen LogP contribution < -0.4 is 24.8 Å². The summed E-state index contributed by atoms with van der Waals surface area (Å²) >= 11 is -1.09.